The fraction of sp³-hybridized carbons (Fsp3) is 0.933. The minimum Gasteiger partial charge on any atom is -0.480 e. The quantitative estimate of drug-likeness (QED) is 0.564. The molecule has 2 N–H and O–H groups in total. The summed E-state index contributed by atoms with van der Waals surface area (Å²) in [6.45, 7) is 10.4. The molecule has 0 saturated carbocycles. The van der Waals surface area contributed by atoms with Gasteiger partial charge in [0.1, 0.15) is 5.54 Å². The van der Waals surface area contributed by atoms with Crippen LogP contribution in [0.1, 0.15) is 34.1 Å². The van der Waals surface area contributed by atoms with Gasteiger partial charge in [-0.1, -0.05) is 6.92 Å². The maximum Gasteiger partial charge on any atom is 0.323 e. The number of nitrogens with one attached hydrogen (secondary N) is 1. The third kappa shape index (κ3) is 6.74. The van der Waals surface area contributed by atoms with Gasteiger partial charge in [0, 0.05) is 32.8 Å². The lowest BCUT2D eigenvalue weighted by Crippen LogP contribution is -2.55. The Morgan fingerprint density at radius 1 is 1.29 bits per heavy atom. The molecule has 0 aliphatic heterocycles. The van der Waals surface area contributed by atoms with Crippen LogP contribution in [0.5, 0.6) is 0 Å². The van der Waals surface area contributed by atoms with Gasteiger partial charge in [-0.25, -0.2) is 0 Å². The maximum atomic E-state index is 11.5. The molecule has 126 valence electrons. The Kier molecular flexibility index (Phi) is 9.77. The monoisotopic (exact) mass is 304 g/mol. The van der Waals surface area contributed by atoms with Gasteiger partial charge < -0.3 is 19.9 Å². The lowest BCUT2D eigenvalue weighted by Gasteiger charge is -2.38. The van der Waals surface area contributed by atoms with Gasteiger partial charge in [-0.2, -0.15) is 0 Å². The zero-order valence-corrected chi connectivity index (χ0v) is 14.3. The summed E-state index contributed by atoms with van der Waals surface area (Å²) in [7, 11) is 3.35. The summed E-state index contributed by atoms with van der Waals surface area (Å²) in [4.78, 5) is 13.8. The van der Waals surface area contributed by atoms with Crippen molar-refractivity contribution in [2.45, 2.75) is 51.7 Å². The molecule has 6 nitrogen and oxygen atoms in total. The SMILES string of the molecule is CCNC(C)(CC(C)N(CCOC)C(C)COC)C(=O)O. The van der Waals surface area contributed by atoms with Gasteiger partial charge in [0.25, 0.3) is 0 Å². The summed E-state index contributed by atoms with van der Waals surface area (Å²) >= 11 is 0. The first-order valence-electron chi connectivity index (χ1n) is 7.54. The van der Waals surface area contributed by atoms with Gasteiger partial charge in [-0.15, -0.1) is 0 Å². The molecular formula is C15H32N2O4. The van der Waals surface area contributed by atoms with Gasteiger partial charge >= 0.3 is 5.97 Å². The molecule has 0 rings (SSSR count). The average Bonchev–Trinajstić information content (AvgIpc) is 2.39. The van der Waals surface area contributed by atoms with Crippen LogP contribution >= 0.6 is 0 Å². The van der Waals surface area contributed by atoms with Crippen LogP contribution in [0.3, 0.4) is 0 Å². The van der Waals surface area contributed by atoms with Crippen molar-refractivity contribution in [2.24, 2.45) is 0 Å². The Bertz CT molecular complexity index is 301. The lowest BCUT2D eigenvalue weighted by molar-refractivity contribution is -0.145. The number of nitrogens with zero attached hydrogens (tertiary/aromatic N) is 1. The Hall–Kier alpha value is -0.690. The Morgan fingerprint density at radius 2 is 1.90 bits per heavy atom. The van der Waals surface area contributed by atoms with E-state index in [9.17, 15) is 9.90 Å². The molecule has 0 aromatic heterocycles. The molecule has 0 heterocycles. The molecule has 0 bridgehead atoms. The van der Waals surface area contributed by atoms with Gasteiger partial charge in [0.15, 0.2) is 0 Å². The molecule has 0 radical (unpaired) electrons. The standard InChI is InChI=1S/C15H32N2O4/c1-7-16-15(4,14(18)19)10-12(2)17(8-9-20-5)13(3)11-21-6/h12-13,16H,7-11H2,1-6H3,(H,18,19). The van der Waals surface area contributed by atoms with E-state index in [1.165, 1.54) is 0 Å². The fourth-order valence-corrected chi connectivity index (χ4v) is 2.74. The highest BCUT2D eigenvalue weighted by Gasteiger charge is 2.36. The van der Waals surface area contributed by atoms with Gasteiger partial charge in [-0.05, 0) is 33.7 Å². The van der Waals surface area contributed by atoms with Crippen LogP contribution in [-0.2, 0) is 14.3 Å². The summed E-state index contributed by atoms with van der Waals surface area (Å²) in [5.41, 5.74) is -0.924. The number of hydrogen-bond donors (Lipinski definition) is 2. The molecule has 0 fully saturated rings. The molecule has 6 heteroatoms. The molecule has 21 heavy (non-hydrogen) atoms. The number of rotatable bonds is 12. The largest absolute Gasteiger partial charge is 0.480 e. The summed E-state index contributed by atoms with van der Waals surface area (Å²) in [6.07, 6.45) is 0.522. The summed E-state index contributed by atoms with van der Waals surface area (Å²) in [6, 6.07) is 0.310. The zero-order chi connectivity index (χ0) is 16.5. The second-order valence-corrected chi connectivity index (χ2v) is 5.76. The van der Waals surface area contributed by atoms with E-state index in [1.807, 2.05) is 6.92 Å². The van der Waals surface area contributed by atoms with E-state index in [4.69, 9.17) is 9.47 Å². The van der Waals surface area contributed by atoms with Gasteiger partial charge in [-0.3, -0.25) is 9.69 Å². The smallest absolute Gasteiger partial charge is 0.323 e. The van der Waals surface area contributed by atoms with E-state index >= 15 is 0 Å². The van der Waals surface area contributed by atoms with Crippen LogP contribution in [0.2, 0.25) is 0 Å². The number of hydrogen-bond acceptors (Lipinski definition) is 5. The molecule has 0 aliphatic rings. The normalized spacial score (nSPS) is 17.5. The topological polar surface area (TPSA) is 71.0 Å². The van der Waals surface area contributed by atoms with Crippen LogP contribution in [0.15, 0.2) is 0 Å². The summed E-state index contributed by atoms with van der Waals surface area (Å²) in [5.74, 6) is -0.817. The predicted molar refractivity (Wildman–Crippen MR) is 83.7 cm³/mol. The molecule has 3 atom stereocenters. The molecule has 0 aromatic carbocycles. The first kappa shape index (κ1) is 20.3. The Balaban J connectivity index is 4.91. The Labute approximate surface area is 128 Å². The van der Waals surface area contributed by atoms with Crippen molar-refractivity contribution >= 4 is 5.97 Å². The molecule has 0 saturated heterocycles. The lowest BCUT2D eigenvalue weighted by atomic mass is 9.92. The highest BCUT2D eigenvalue weighted by Crippen LogP contribution is 2.19. The van der Waals surface area contributed by atoms with Crippen LogP contribution in [0.4, 0.5) is 0 Å². The van der Waals surface area contributed by atoms with Crippen molar-refractivity contribution in [1.82, 2.24) is 10.2 Å². The van der Waals surface area contributed by atoms with Crippen LogP contribution in [0, 0.1) is 0 Å². The number of methoxy groups -OCH3 is 2. The van der Waals surface area contributed by atoms with E-state index in [1.54, 1.807) is 21.1 Å². The fourth-order valence-electron chi connectivity index (χ4n) is 2.74. The van der Waals surface area contributed by atoms with E-state index in [-0.39, 0.29) is 12.1 Å². The third-order valence-corrected chi connectivity index (χ3v) is 3.84. The summed E-state index contributed by atoms with van der Waals surface area (Å²) < 4.78 is 10.4. The summed E-state index contributed by atoms with van der Waals surface area (Å²) in [5, 5.41) is 12.6. The van der Waals surface area contributed by atoms with Crippen LogP contribution in [-0.4, -0.2) is 74.1 Å². The maximum absolute atomic E-state index is 11.5. The zero-order valence-electron chi connectivity index (χ0n) is 14.3. The van der Waals surface area contributed by atoms with Gasteiger partial charge in [0.2, 0.25) is 0 Å². The van der Waals surface area contributed by atoms with E-state index in [2.05, 4.69) is 24.1 Å². The van der Waals surface area contributed by atoms with Gasteiger partial charge in [0.05, 0.1) is 13.2 Å². The van der Waals surface area contributed by atoms with E-state index in [0.29, 0.717) is 26.2 Å². The van der Waals surface area contributed by atoms with Crippen molar-refractivity contribution in [1.29, 1.82) is 0 Å². The van der Waals surface area contributed by atoms with Crippen molar-refractivity contribution in [3.05, 3.63) is 0 Å². The molecule has 0 amide bonds. The van der Waals surface area contributed by atoms with Crippen LogP contribution < -0.4 is 5.32 Å². The first-order valence-corrected chi connectivity index (χ1v) is 7.54. The van der Waals surface area contributed by atoms with E-state index in [0.717, 1.165) is 6.54 Å². The molecule has 0 aromatic rings. The first-order chi connectivity index (χ1) is 9.82. The van der Waals surface area contributed by atoms with E-state index < -0.39 is 11.5 Å². The second kappa shape index (κ2) is 10.1. The predicted octanol–water partition coefficient (Wildman–Crippen LogP) is 1.20. The number of ether oxygens (including phenoxy) is 2. The van der Waals surface area contributed by atoms with Crippen LogP contribution in [0.25, 0.3) is 0 Å². The van der Waals surface area contributed by atoms with Crippen molar-refractivity contribution < 1.29 is 19.4 Å². The number of carbonyl (C=O) groups is 1. The molecule has 0 aliphatic carbocycles. The number of carboxylic acid groups (broad SMARTS) is 1. The number of likely N-dealkylation sites (N-methyl/N-ethyl adjacent to an activating group) is 1. The van der Waals surface area contributed by atoms with Crippen molar-refractivity contribution in [3.63, 3.8) is 0 Å². The second-order valence-electron chi connectivity index (χ2n) is 5.76. The van der Waals surface area contributed by atoms with Crippen molar-refractivity contribution in [2.75, 3.05) is 40.5 Å². The Morgan fingerprint density at radius 3 is 2.33 bits per heavy atom. The minimum atomic E-state index is -0.924. The average molecular weight is 304 g/mol. The number of carboxylic acids is 1. The number of aliphatic carboxylic acids is 1. The molecule has 0 spiro atoms. The highest BCUT2D eigenvalue weighted by molar-refractivity contribution is 5.78. The molecule has 3 unspecified atom stereocenters. The van der Waals surface area contributed by atoms with Crippen molar-refractivity contribution in [3.8, 4) is 0 Å². The molecular weight excluding hydrogens is 272 g/mol. The highest BCUT2D eigenvalue weighted by atomic mass is 16.5. The minimum absolute atomic E-state index is 0.102. The third-order valence-electron chi connectivity index (χ3n) is 3.84.